The fourth-order valence-electron chi connectivity index (χ4n) is 2.42. The Morgan fingerprint density at radius 1 is 1.19 bits per heavy atom. The lowest BCUT2D eigenvalue weighted by molar-refractivity contribution is -0.213. The molecule has 0 amide bonds. The van der Waals surface area contributed by atoms with Gasteiger partial charge in [-0.1, -0.05) is 39.0 Å². The number of aliphatic hydroxyl groups is 3. The largest absolute Gasteiger partial charge is 0.457 e. The molecule has 0 spiro atoms. The fraction of sp³-hybridized carbons (Fsp3) is 0.933. The summed E-state index contributed by atoms with van der Waals surface area (Å²) in [5.74, 6) is -0.425. The number of carbonyl (C=O) groups excluding carboxylic acids is 1. The first-order valence-corrected chi connectivity index (χ1v) is 7.88. The number of hydrogen-bond donors (Lipinski definition) is 3. The van der Waals surface area contributed by atoms with Gasteiger partial charge in [0, 0.05) is 6.42 Å². The molecule has 21 heavy (non-hydrogen) atoms. The highest BCUT2D eigenvalue weighted by molar-refractivity contribution is 5.69. The van der Waals surface area contributed by atoms with E-state index >= 15 is 0 Å². The van der Waals surface area contributed by atoms with Gasteiger partial charge in [0.1, 0.15) is 18.3 Å². The first-order chi connectivity index (χ1) is 10.1. The van der Waals surface area contributed by atoms with E-state index in [4.69, 9.17) is 14.6 Å². The predicted molar refractivity (Wildman–Crippen MR) is 76.7 cm³/mol. The number of aliphatic hydroxyl groups excluding tert-OH is 3. The summed E-state index contributed by atoms with van der Waals surface area (Å²) in [5, 5.41) is 28.5. The number of hydrogen-bond acceptors (Lipinski definition) is 6. The van der Waals surface area contributed by atoms with E-state index in [1.165, 1.54) is 19.3 Å². The summed E-state index contributed by atoms with van der Waals surface area (Å²) in [5.41, 5.74) is 0. The Morgan fingerprint density at radius 3 is 2.52 bits per heavy atom. The van der Waals surface area contributed by atoms with Crippen LogP contribution in [0.15, 0.2) is 0 Å². The maximum Gasteiger partial charge on any atom is 0.306 e. The van der Waals surface area contributed by atoms with Crippen LogP contribution < -0.4 is 0 Å². The molecule has 6 heteroatoms. The summed E-state index contributed by atoms with van der Waals surface area (Å²) in [4.78, 5) is 11.8. The molecule has 0 aliphatic carbocycles. The smallest absolute Gasteiger partial charge is 0.306 e. The van der Waals surface area contributed by atoms with Gasteiger partial charge in [-0.3, -0.25) is 4.79 Å². The highest BCUT2D eigenvalue weighted by atomic mass is 16.6. The minimum atomic E-state index is -1.22. The van der Waals surface area contributed by atoms with Crippen LogP contribution in [-0.2, 0) is 14.3 Å². The van der Waals surface area contributed by atoms with Gasteiger partial charge in [0.2, 0.25) is 0 Å². The van der Waals surface area contributed by atoms with E-state index in [-0.39, 0.29) is 19.6 Å². The number of ether oxygens (including phenoxy) is 2. The van der Waals surface area contributed by atoms with E-state index in [9.17, 15) is 15.0 Å². The van der Waals surface area contributed by atoms with Crippen molar-refractivity contribution in [2.75, 3.05) is 13.2 Å². The molecule has 1 saturated heterocycles. The predicted octanol–water partition coefficient (Wildman–Crippen LogP) is 0.762. The first-order valence-electron chi connectivity index (χ1n) is 7.88. The second-order valence-electron chi connectivity index (χ2n) is 5.58. The zero-order valence-electron chi connectivity index (χ0n) is 12.7. The van der Waals surface area contributed by atoms with Gasteiger partial charge in [-0.15, -0.1) is 0 Å². The molecule has 1 aliphatic heterocycles. The zero-order valence-corrected chi connectivity index (χ0v) is 12.7. The maximum atomic E-state index is 11.8. The minimum absolute atomic E-state index is 0.0716. The van der Waals surface area contributed by atoms with E-state index in [1.54, 1.807) is 0 Å². The standard InChI is InChI=1S/C15H28O6/c1-2-3-4-5-6-7-8-13(18)21-15-12(9-16)20-10-11(17)14(15)19/h11-12,14-17,19H,2-10H2,1H3/t11-,12-,14-,15-/m1/s1. The molecule has 0 saturated carbocycles. The third-order valence-electron chi connectivity index (χ3n) is 3.76. The molecule has 124 valence electrons. The third kappa shape index (κ3) is 6.30. The average molecular weight is 304 g/mol. The number of carbonyl (C=O) groups is 1. The molecular weight excluding hydrogens is 276 g/mol. The summed E-state index contributed by atoms with van der Waals surface area (Å²) in [6.45, 7) is 1.72. The summed E-state index contributed by atoms with van der Waals surface area (Å²) in [6, 6.07) is 0. The Hall–Kier alpha value is -0.690. The van der Waals surface area contributed by atoms with Crippen molar-refractivity contribution in [1.29, 1.82) is 0 Å². The molecule has 6 nitrogen and oxygen atoms in total. The summed E-state index contributed by atoms with van der Waals surface area (Å²) >= 11 is 0. The van der Waals surface area contributed by atoms with Crippen molar-refractivity contribution >= 4 is 5.97 Å². The molecule has 1 fully saturated rings. The highest BCUT2D eigenvalue weighted by Gasteiger charge is 2.41. The Labute approximate surface area is 126 Å². The van der Waals surface area contributed by atoms with Crippen molar-refractivity contribution in [2.24, 2.45) is 0 Å². The zero-order chi connectivity index (χ0) is 15.7. The van der Waals surface area contributed by atoms with Crippen molar-refractivity contribution < 1.29 is 29.6 Å². The van der Waals surface area contributed by atoms with E-state index in [0.29, 0.717) is 0 Å². The summed E-state index contributed by atoms with van der Waals surface area (Å²) in [6.07, 6.45) is 2.59. The lowest BCUT2D eigenvalue weighted by atomic mass is 10.0. The van der Waals surface area contributed by atoms with Crippen LogP contribution in [0.2, 0.25) is 0 Å². The van der Waals surface area contributed by atoms with Gasteiger partial charge >= 0.3 is 5.97 Å². The lowest BCUT2D eigenvalue weighted by Crippen LogP contribution is -2.55. The second kappa shape index (κ2) is 10.1. The van der Waals surface area contributed by atoms with E-state index in [1.807, 2.05) is 0 Å². The molecule has 0 aromatic carbocycles. The molecule has 1 rings (SSSR count). The molecule has 4 atom stereocenters. The topological polar surface area (TPSA) is 96.2 Å². The SMILES string of the molecule is CCCCCCCCC(=O)O[C@H]1[C@H](O)[C@H](O)CO[C@@H]1CO. The van der Waals surface area contributed by atoms with Gasteiger partial charge in [0.05, 0.1) is 13.2 Å². The Morgan fingerprint density at radius 2 is 1.86 bits per heavy atom. The molecule has 0 radical (unpaired) electrons. The lowest BCUT2D eigenvalue weighted by Gasteiger charge is -2.36. The van der Waals surface area contributed by atoms with E-state index in [2.05, 4.69) is 6.92 Å². The molecule has 0 aromatic rings. The van der Waals surface area contributed by atoms with Gasteiger partial charge in [-0.05, 0) is 6.42 Å². The average Bonchev–Trinajstić information content (AvgIpc) is 2.48. The van der Waals surface area contributed by atoms with Gasteiger partial charge in [0.25, 0.3) is 0 Å². The third-order valence-corrected chi connectivity index (χ3v) is 3.76. The van der Waals surface area contributed by atoms with Crippen LogP contribution in [0.1, 0.15) is 51.9 Å². The normalized spacial score (nSPS) is 29.3. The molecule has 3 N–H and O–H groups in total. The second-order valence-corrected chi connectivity index (χ2v) is 5.58. The van der Waals surface area contributed by atoms with Gasteiger partial charge in [-0.2, -0.15) is 0 Å². The maximum absolute atomic E-state index is 11.8. The van der Waals surface area contributed by atoms with Crippen molar-refractivity contribution in [3.63, 3.8) is 0 Å². The molecule has 0 aromatic heterocycles. The quantitative estimate of drug-likeness (QED) is 0.430. The molecule has 1 aliphatic rings. The van der Waals surface area contributed by atoms with Crippen LogP contribution in [0.25, 0.3) is 0 Å². The van der Waals surface area contributed by atoms with Crippen LogP contribution in [0.3, 0.4) is 0 Å². The Bertz CT molecular complexity index is 294. The van der Waals surface area contributed by atoms with Crippen LogP contribution in [0.4, 0.5) is 0 Å². The van der Waals surface area contributed by atoms with Crippen LogP contribution >= 0.6 is 0 Å². The number of unbranched alkanes of at least 4 members (excludes halogenated alkanes) is 5. The van der Waals surface area contributed by atoms with Crippen molar-refractivity contribution in [1.82, 2.24) is 0 Å². The highest BCUT2D eigenvalue weighted by Crippen LogP contribution is 2.19. The first kappa shape index (κ1) is 18.4. The van der Waals surface area contributed by atoms with Crippen molar-refractivity contribution in [3.8, 4) is 0 Å². The molecule has 0 unspecified atom stereocenters. The Balaban J connectivity index is 2.27. The minimum Gasteiger partial charge on any atom is -0.457 e. The monoisotopic (exact) mass is 304 g/mol. The molecule has 0 bridgehead atoms. The van der Waals surface area contributed by atoms with Gasteiger partial charge in [0.15, 0.2) is 6.10 Å². The fourth-order valence-corrected chi connectivity index (χ4v) is 2.42. The number of rotatable bonds is 9. The van der Waals surface area contributed by atoms with Crippen molar-refractivity contribution in [3.05, 3.63) is 0 Å². The summed E-state index contributed by atoms with van der Waals surface area (Å²) < 4.78 is 10.3. The van der Waals surface area contributed by atoms with E-state index in [0.717, 1.165) is 19.3 Å². The molecular formula is C15H28O6. The van der Waals surface area contributed by atoms with Crippen LogP contribution in [0.5, 0.6) is 0 Å². The van der Waals surface area contributed by atoms with Crippen LogP contribution in [0, 0.1) is 0 Å². The summed E-state index contributed by atoms with van der Waals surface area (Å²) in [7, 11) is 0. The van der Waals surface area contributed by atoms with E-state index < -0.39 is 30.4 Å². The van der Waals surface area contributed by atoms with Crippen molar-refractivity contribution in [2.45, 2.75) is 76.3 Å². The van der Waals surface area contributed by atoms with Gasteiger partial charge in [-0.25, -0.2) is 0 Å². The number of esters is 1. The van der Waals surface area contributed by atoms with Crippen LogP contribution in [-0.4, -0.2) is 58.9 Å². The van der Waals surface area contributed by atoms with Gasteiger partial charge < -0.3 is 24.8 Å². The molecule has 1 heterocycles. The Kier molecular flexibility index (Phi) is 8.84.